The van der Waals surface area contributed by atoms with Gasteiger partial charge in [0.2, 0.25) is 0 Å². The lowest BCUT2D eigenvalue weighted by Gasteiger charge is -2.12. The van der Waals surface area contributed by atoms with E-state index in [9.17, 15) is 9.59 Å². The Labute approximate surface area is 184 Å². The predicted octanol–water partition coefficient (Wildman–Crippen LogP) is 4.64. The molecule has 0 bridgehead atoms. The Morgan fingerprint density at radius 1 is 1.20 bits per heavy atom. The van der Waals surface area contributed by atoms with Crippen LogP contribution in [-0.2, 0) is 29.1 Å². The second-order valence-electron chi connectivity index (χ2n) is 6.99. The third kappa shape index (κ3) is 5.27. The van der Waals surface area contributed by atoms with Crippen molar-refractivity contribution in [1.29, 1.82) is 0 Å². The molecule has 0 spiro atoms. The average molecular weight is 473 g/mol. The van der Waals surface area contributed by atoms with Crippen LogP contribution in [0, 0.1) is 0 Å². The normalized spacial score (nSPS) is 10.9. The minimum Gasteiger partial charge on any atom is -0.496 e. The predicted molar refractivity (Wildman–Crippen MR) is 120 cm³/mol. The summed E-state index contributed by atoms with van der Waals surface area (Å²) in [5.41, 5.74) is 2.71. The highest BCUT2D eigenvalue weighted by molar-refractivity contribution is 9.10. The van der Waals surface area contributed by atoms with Gasteiger partial charge in [0.1, 0.15) is 18.1 Å². The van der Waals surface area contributed by atoms with Crippen LogP contribution in [-0.4, -0.2) is 22.6 Å². The number of hydrogen-bond donors (Lipinski definition) is 0. The molecule has 6 nitrogen and oxygen atoms in total. The lowest BCUT2D eigenvalue weighted by Crippen LogP contribution is -2.26. The number of carbonyl (C=O) groups excluding carboxylic acids is 1. The molecule has 2 aromatic carbocycles. The smallest absolute Gasteiger partial charge is 0.306 e. The van der Waals surface area contributed by atoms with E-state index in [0.29, 0.717) is 18.0 Å². The standard InChI is InChI=1S/C23H25BrN2O4/c1-3-4-13-26-20-8-6-5-7-18(20)25-19(23(26)28)10-12-22(27)30-15-16-9-11-21(29-2)17(24)14-16/h5-9,11,14H,3-4,10,12-13,15H2,1-2H3. The molecule has 0 unspecified atom stereocenters. The van der Waals surface area contributed by atoms with E-state index < -0.39 is 0 Å². The Hall–Kier alpha value is -2.67. The van der Waals surface area contributed by atoms with Crippen LogP contribution in [0.4, 0.5) is 0 Å². The summed E-state index contributed by atoms with van der Waals surface area (Å²) < 4.78 is 13.1. The first kappa shape index (κ1) is 22.0. The van der Waals surface area contributed by atoms with Crippen molar-refractivity contribution in [3.05, 3.63) is 68.5 Å². The van der Waals surface area contributed by atoms with Crippen molar-refractivity contribution in [3.63, 3.8) is 0 Å². The lowest BCUT2D eigenvalue weighted by molar-refractivity contribution is -0.144. The van der Waals surface area contributed by atoms with E-state index in [1.54, 1.807) is 11.7 Å². The Bertz CT molecular complexity index is 1090. The minimum atomic E-state index is -0.364. The van der Waals surface area contributed by atoms with Crippen LogP contribution >= 0.6 is 15.9 Å². The van der Waals surface area contributed by atoms with Crippen molar-refractivity contribution in [2.45, 2.75) is 45.8 Å². The van der Waals surface area contributed by atoms with Gasteiger partial charge < -0.3 is 14.0 Å². The van der Waals surface area contributed by atoms with Gasteiger partial charge in [-0.05, 0) is 52.2 Å². The summed E-state index contributed by atoms with van der Waals surface area (Å²) in [6.45, 7) is 2.89. The van der Waals surface area contributed by atoms with E-state index in [1.807, 2.05) is 42.5 Å². The van der Waals surface area contributed by atoms with Crippen LogP contribution in [0.5, 0.6) is 5.75 Å². The number of benzene rings is 2. The molecule has 3 aromatic rings. The molecule has 1 heterocycles. The molecule has 0 aliphatic rings. The van der Waals surface area contributed by atoms with Gasteiger partial charge in [-0.2, -0.15) is 0 Å². The second-order valence-corrected chi connectivity index (χ2v) is 7.84. The van der Waals surface area contributed by atoms with Crippen molar-refractivity contribution in [1.82, 2.24) is 9.55 Å². The van der Waals surface area contributed by atoms with Gasteiger partial charge in [0, 0.05) is 13.0 Å². The summed E-state index contributed by atoms with van der Waals surface area (Å²) in [4.78, 5) is 29.6. The molecular weight excluding hydrogens is 448 g/mol. The van der Waals surface area contributed by atoms with E-state index in [2.05, 4.69) is 27.8 Å². The van der Waals surface area contributed by atoms with E-state index in [-0.39, 0.29) is 31.0 Å². The Morgan fingerprint density at radius 2 is 2.00 bits per heavy atom. The molecule has 30 heavy (non-hydrogen) atoms. The first-order valence-corrected chi connectivity index (χ1v) is 10.8. The summed E-state index contributed by atoms with van der Waals surface area (Å²) in [6, 6.07) is 13.1. The molecule has 0 aliphatic carbocycles. The SMILES string of the molecule is CCCCn1c(=O)c(CCC(=O)OCc2ccc(OC)c(Br)c2)nc2ccccc21. The van der Waals surface area contributed by atoms with Gasteiger partial charge in [-0.15, -0.1) is 0 Å². The Balaban J connectivity index is 1.67. The number of esters is 1. The molecule has 0 saturated heterocycles. The van der Waals surface area contributed by atoms with Gasteiger partial charge in [0.05, 0.1) is 29.0 Å². The van der Waals surface area contributed by atoms with Gasteiger partial charge in [0.25, 0.3) is 5.56 Å². The zero-order chi connectivity index (χ0) is 21.5. The fraction of sp³-hybridized carbons (Fsp3) is 0.348. The van der Waals surface area contributed by atoms with Crippen molar-refractivity contribution in [2.75, 3.05) is 7.11 Å². The lowest BCUT2D eigenvalue weighted by atomic mass is 10.2. The number of hydrogen-bond acceptors (Lipinski definition) is 5. The average Bonchev–Trinajstić information content (AvgIpc) is 2.76. The highest BCUT2D eigenvalue weighted by Gasteiger charge is 2.13. The molecule has 7 heteroatoms. The first-order valence-electron chi connectivity index (χ1n) is 10.00. The van der Waals surface area contributed by atoms with Crippen LogP contribution in [0.15, 0.2) is 51.7 Å². The molecule has 158 valence electrons. The van der Waals surface area contributed by atoms with Gasteiger partial charge in [-0.1, -0.05) is 31.5 Å². The summed E-state index contributed by atoms with van der Waals surface area (Å²) in [5.74, 6) is 0.350. The van der Waals surface area contributed by atoms with E-state index in [1.165, 1.54) is 0 Å². The Morgan fingerprint density at radius 3 is 2.73 bits per heavy atom. The number of aryl methyl sites for hydroxylation is 2. The summed E-state index contributed by atoms with van der Waals surface area (Å²) in [5, 5.41) is 0. The summed E-state index contributed by atoms with van der Waals surface area (Å²) in [6.07, 6.45) is 2.26. The van der Waals surface area contributed by atoms with Gasteiger partial charge >= 0.3 is 5.97 Å². The van der Waals surface area contributed by atoms with Crippen LogP contribution in [0.2, 0.25) is 0 Å². The highest BCUT2D eigenvalue weighted by Crippen LogP contribution is 2.25. The van der Waals surface area contributed by atoms with E-state index in [0.717, 1.165) is 33.9 Å². The molecule has 0 radical (unpaired) electrons. The van der Waals surface area contributed by atoms with Crippen LogP contribution < -0.4 is 10.3 Å². The quantitative estimate of drug-likeness (QED) is 0.424. The third-order valence-corrected chi connectivity index (χ3v) is 5.46. The number of methoxy groups -OCH3 is 1. The second kappa shape index (κ2) is 10.4. The fourth-order valence-electron chi connectivity index (χ4n) is 3.20. The molecule has 1 aromatic heterocycles. The van der Waals surface area contributed by atoms with Crippen LogP contribution in [0.1, 0.15) is 37.4 Å². The van der Waals surface area contributed by atoms with Gasteiger partial charge in [-0.3, -0.25) is 9.59 Å². The van der Waals surface area contributed by atoms with Crippen molar-refractivity contribution in [3.8, 4) is 5.75 Å². The Kier molecular flexibility index (Phi) is 7.63. The summed E-state index contributed by atoms with van der Waals surface area (Å²) in [7, 11) is 1.59. The van der Waals surface area contributed by atoms with Crippen molar-refractivity contribution < 1.29 is 14.3 Å². The van der Waals surface area contributed by atoms with Crippen LogP contribution in [0.3, 0.4) is 0 Å². The molecule has 3 rings (SSSR count). The molecular formula is C23H25BrN2O4. The maximum absolute atomic E-state index is 12.9. The number of fused-ring (bicyclic) bond motifs is 1. The maximum Gasteiger partial charge on any atom is 0.306 e. The fourth-order valence-corrected chi connectivity index (χ4v) is 3.79. The zero-order valence-electron chi connectivity index (χ0n) is 17.2. The molecule has 0 aliphatic heterocycles. The number of unbranched alkanes of at least 4 members (excludes halogenated alkanes) is 1. The van der Waals surface area contributed by atoms with Gasteiger partial charge in [-0.25, -0.2) is 4.98 Å². The molecule has 0 amide bonds. The number of ether oxygens (including phenoxy) is 2. The zero-order valence-corrected chi connectivity index (χ0v) is 18.8. The first-order chi connectivity index (χ1) is 14.5. The molecule has 0 fully saturated rings. The highest BCUT2D eigenvalue weighted by atomic mass is 79.9. The van der Waals surface area contributed by atoms with Crippen molar-refractivity contribution in [2.24, 2.45) is 0 Å². The third-order valence-electron chi connectivity index (χ3n) is 4.84. The maximum atomic E-state index is 12.9. The van der Waals surface area contributed by atoms with Crippen LogP contribution in [0.25, 0.3) is 11.0 Å². The molecule has 0 N–H and O–H groups in total. The largest absolute Gasteiger partial charge is 0.496 e. The van der Waals surface area contributed by atoms with Crippen molar-refractivity contribution >= 4 is 32.9 Å². The molecule has 0 atom stereocenters. The number of aromatic nitrogens is 2. The number of nitrogens with zero attached hydrogens (tertiary/aromatic N) is 2. The number of rotatable bonds is 9. The van der Waals surface area contributed by atoms with E-state index in [4.69, 9.17) is 9.47 Å². The van der Waals surface area contributed by atoms with E-state index >= 15 is 0 Å². The number of para-hydroxylation sites is 2. The summed E-state index contributed by atoms with van der Waals surface area (Å²) >= 11 is 3.42. The minimum absolute atomic E-state index is 0.103. The number of carbonyl (C=O) groups is 1. The van der Waals surface area contributed by atoms with Gasteiger partial charge in [0.15, 0.2) is 0 Å². The number of halogens is 1. The molecule has 0 saturated carbocycles. The monoisotopic (exact) mass is 472 g/mol. The topological polar surface area (TPSA) is 70.4 Å².